The van der Waals surface area contributed by atoms with Crippen LogP contribution in [0.2, 0.25) is 0 Å². The van der Waals surface area contributed by atoms with Crippen molar-refractivity contribution in [1.29, 1.82) is 0 Å². The first-order valence-corrected chi connectivity index (χ1v) is 4.11. The SMILES string of the molecule is C=C[C@@H](N)c1ccc(OC)s1. The van der Waals surface area contributed by atoms with E-state index in [4.69, 9.17) is 10.5 Å². The van der Waals surface area contributed by atoms with Crippen LogP contribution in [0.25, 0.3) is 0 Å². The van der Waals surface area contributed by atoms with Gasteiger partial charge >= 0.3 is 0 Å². The Bertz CT molecular complexity index is 244. The van der Waals surface area contributed by atoms with E-state index < -0.39 is 0 Å². The average molecular weight is 169 g/mol. The maximum Gasteiger partial charge on any atom is 0.173 e. The minimum Gasteiger partial charge on any atom is -0.487 e. The summed E-state index contributed by atoms with van der Waals surface area (Å²) in [4.78, 5) is 1.08. The standard InChI is InChI=1S/C8H11NOS/c1-3-6(9)7-4-5-8(10-2)11-7/h3-6H,1,9H2,2H3/t6-/m1/s1. The second-order valence-corrected chi connectivity index (χ2v) is 3.20. The van der Waals surface area contributed by atoms with Crippen molar-refractivity contribution in [1.82, 2.24) is 0 Å². The van der Waals surface area contributed by atoms with Gasteiger partial charge in [-0.3, -0.25) is 0 Å². The van der Waals surface area contributed by atoms with Gasteiger partial charge in [0.25, 0.3) is 0 Å². The summed E-state index contributed by atoms with van der Waals surface area (Å²) in [5.74, 6) is 0. The van der Waals surface area contributed by atoms with E-state index in [1.165, 1.54) is 0 Å². The Morgan fingerprint density at radius 3 is 2.91 bits per heavy atom. The van der Waals surface area contributed by atoms with Crippen LogP contribution in [0.3, 0.4) is 0 Å². The van der Waals surface area contributed by atoms with Crippen LogP contribution in [0, 0.1) is 0 Å². The third kappa shape index (κ3) is 1.82. The summed E-state index contributed by atoms with van der Waals surface area (Å²) in [5.41, 5.74) is 5.70. The van der Waals surface area contributed by atoms with Crippen LogP contribution in [0.1, 0.15) is 10.9 Å². The normalized spacial score (nSPS) is 12.5. The number of hydrogen-bond donors (Lipinski definition) is 1. The van der Waals surface area contributed by atoms with Crippen molar-refractivity contribution in [3.05, 3.63) is 29.7 Å². The first-order chi connectivity index (χ1) is 5.27. The number of hydrogen-bond acceptors (Lipinski definition) is 3. The van der Waals surface area contributed by atoms with Gasteiger partial charge in [-0.25, -0.2) is 0 Å². The van der Waals surface area contributed by atoms with Crippen molar-refractivity contribution in [2.45, 2.75) is 6.04 Å². The Labute approximate surface area is 70.3 Å². The highest BCUT2D eigenvalue weighted by Gasteiger charge is 2.04. The number of nitrogens with two attached hydrogens (primary N) is 1. The fourth-order valence-electron chi connectivity index (χ4n) is 0.739. The molecule has 0 aromatic carbocycles. The first-order valence-electron chi connectivity index (χ1n) is 3.29. The monoisotopic (exact) mass is 169 g/mol. The molecular weight excluding hydrogens is 158 g/mol. The van der Waals surface area contributed by atoms with Gasteiger partial charge in [0.05, 0.1) is 13.2 Å². The van der Waals surface area contributed by atoms with Crippen LogP contribution in [0.4, 0.5) is 0 Å². The zero-order valence-electron chi connectivity index (χ0n) is 6.41. The minimum absolute atomic E-state index is 0.0658. The second kappa shape index (κ2) is 3.55. The van der Waals surface area contributed by atoms with Crippen molar-refractivity contribution in [3.63, 3.8) is 0 Å². The molecule has 0 amide bonds. The Morgan fingerprint density at radius 2 is 2.45 bits per heavy atom. The van der Waals surface area contributed by atoms with Gasteiger partial charge in [0.15, 0.2) is 5.06 Å². The highest BCUT2D eigenvalue weighted by Crippen LogP contribution is 2.27. The van der Waals surface area contributed by atoms with E-state index in [0.717, 1.165) is 9.94 Å². The maximum absolute atomic E-state index is 5.70. The number of thiophene rings is 1. The van der Waals surface area contributed by atoms with Crippen molar-refractivity contribution in [3.8, 4) is 5.06 Å². The molecule has 0 aliphatic heterocycles. The van der Waals surface area contributed by atoms with Crippen LogP contribution in [-0.2, 0) is 0 Å². The molecule has 1 rings (SSSR count). The van der Waals surface area contributed by atoms with E-state index in [9.17, 15) is 0 Å². The molecule has 60 valence electrons. The summed E-state index contributed by atoms with van der Waals surface area (Å²) < 4.78 is 5.02. The second-order valence-electron chi connectivity index (χ2n) is 2.12. The topological polar surface area (TPSA) is 35.2 Å². The molecule has 1 atom stereocenters. The van der Waals surface area contributed by atoms with Gasteiger partial charge in [-0.15, -0.1) is 17.9 Å². The lowest BCUT2D eigenvalue weighted by molar-refractivity contribution is 0.427. The van der Waals surface area contributed by atoms with Gasteiger partial charge in [0, 0.05) is 4.88 Å². The summed E-state index contributed by atoms with van der Waals surface area (Å²) in [6, 6.07) is 3.79. The molecule has 2 N–H and O–H groups in total. The highest BCUT2D eigenvalue weighted by atomic mass is 32.1. The lowest BCUT2D eigenvalue weighted by atomic mass is 10.2. The third-order valence-corrected chi connectivity index (χ3v) is 2.53. The van der Waals surface area contributed by atoms with E-state index in [0.29, 0.717) is 0 Å². The summed E-state index contributed by atoms with van der Waals surface area (Å²) in [5, 5.41) is 0.886. The minimum atomic E-state index is -0.0658. The predicted octanol–water partition coefficient (Wildman–Crippen LogP) is 1.94. The molecule has 0 saturated heterocycles. The molecule has 0 radical (unpaired) electrons. The number of rotatable bonds is 3. The van der Waals surface area contributed by atoms with Gasteiger partial charge < -0.3 is 10.5 Å². The molecule has 0 saturated carbocycles. The summed E-state index contributed by atoms with van der Waals surface area (Å²) in [7, 11) is 1.65. The van der Waals surface area contributed by atoms with Crippen LogP contribution in [-0.4, -0.2) is 7.11 Å². The quantitative estimate of drug-likeness (QED) is 0.702. The lowest BCUT2D eigenvalue weighted by Crippen LogP contribution is -2.03. The van der Waals surface area contributed by atoms with Crippen molar-refractivity contribution >= 4 is 11.3 Å². The summed E-state index contributed by atoms with van der Waals surface area (Å²) >= 11 is 1.55. The zero-order valence-corrected chi connectivity index (χ0v) is 7.23. The van der Waals surface area contributed by atoms with Gasteiger partial charge in [-0.1, -0.05) is 6.08 Å². The Kier molecular flexibility index (Phi) is 2.68. The van der Waals surface area contributed by atoms with Crippen molar-refractivity contribution in [2.24, 2.45) is 5.73 Å². The molecule has 0 unspecified atom stereocenters. The molecular formula is C8H11NOS. The fourth-order valence-corrected chi connectivity index (χ4v) is 1.56. The van der Waals surface area contributed by atoms with Gasteiger partial charge in [-0.05, 0) is 12.1 Å². The van der Waals surface area contributed by atoms with Crippen LogP contribution in [0.5, 0.6) is 5.06 Å². The van der Waals surface area contributed by atoms with Crippen molar-refractivity contribution in [2.75, 3.05) is 7.11 Å². The van der Waals surface area contributed by atoms with Crippen LogP contribution in [0.15, 0.2) is 24.8 Å². The Morgan fingerprint density at radius 1 is 1.73 bits per heavy atom. The number of methoxy groups -OCH3 is 1. The van der Waals surface area contributed by atoms with E-state index in [1.54, 1.807) is 24.5 Å². The van der Waals surface area contributed by atoms with Crippen LogP contribution >= 0.6 is 11.3 Å². The largest absolute Gasteiger partial charge is 0.487 e. The summed E-state index contributed by atoms with van der Waals surface area (Å²) in [6.45, 7) is 3.61. The molecule has 0 aliphatic rings. The van der Waals surface area contributed by atoms with E-state index >= 15 is 0 Å². The molecule has 0 aliphatic carbocycles. The number of ether oxygens (including phenoxy) is 1. The van der Waals surface area contributed by atoms with E-state index in [1.807, 2.05) is 12.1 Å². The lowest BCUT2D eigenvalue weighted by Gasteiger charge is -1.99. The predicted molar refractivity (Wildman–Crippen MR) is 48.0 cm³/mol. The molecule has 0 fully saturated rings. The van der Waals surface area contributed by atoms with Gasteiger partial charge in [0.2, 0.25) is 0 Å². The molecule has 2 nitrogen and oxygen atoms in total. The maximum atomic E-state index is 5.70. The van der Waals surface area contributed by atoms with Crippen molar-refractivity contribution < 1.29 is 4.74 Å². The Hall–Kier alpha value is -0.800. The van der Waals surface area contributed by atoms with Gasteiger partial charge in [-0.2, -0.15) is 0 Å². The third-order valence-electron chi connectivity index (χ3n) is 1.39. The molecule has 1 heterocycles. The molecule has 0 spiro atoms. The van der Waals surface area contributed by atoms with Crippen LogP contribution < -0.4 is 10.5 Å². The molecule has 3 heteroatoms. The average Bonchev–Trinajstić information content (AvgIpc) is 2.50. The first kappa shape index (κ1) is 8.30. The molecule has 1 aromatic rings. The van der Waals surface area contributed by atoms with E-state index in [-0.39, 0.29) is 6.04 Å². The molecule has 11 heavy (non-hydrogen) atoms. The smallest absolute Gasteiger partial charge is 0.173 e. The molecule has 0 bridgehead atoms. The summed E-state index contributed by atoms with van der Waals surface area (Å²) in [6.07, 6.45) is 1.71. The van der Waals surface area contributed by atoms with E-state index in [2.05, 4.69) is 6.58 Å². The Balaban J connectivity index is 2.79. The van der Waals surface area contributed by atoms with Gasteiger partial charge in [0.1, 0.15) is 0 Å². The fraction of sp³-hybridized carbons (Fsp3) is 0.250. The molecule has 1 aromatic heterocycles. The zero-order chi connectivity index (χ0) is 8.27. The highest BCUT2D eigenvalue weighted by molar-refractivity contribution is 7.13.